The number of hydrogen-bond acceptors (Lipinski definition) is 1. The van der Waals surface area contributed by atoms with Crippen molar-refractivity contribution in [3.63, 3.8) is 0 Å². The van der Waals surface area contributed by atoms with Crippen molar-refractivity contribution >= 4 is 27.7 Å². The summed E-state index contributed by atoms with van der Waals surface area (Å²) in [5.41, 5.74) is 4.22. The molecular weight excluding hydrogens is 292 g/mol. The first-order chi connectivity index (χ1) is 8.02. The molecule has 96 valence electrons. The van der Waals surface area contributed by atoms with Gasteiger partial charge in [-0.05, 0) is 37.0 Å². The molecule has 0 radical (unpaired) electrons. The van der Waals surface area contributed by atoms with Crippen LogP contribution >= 0.6 is 27.7 Å². The second-order valence-corrected chi connectivity index (χ2v) is 6.85. The Morgan fingerprint density at radius 2 is 1.71 bits per heavy atom. The highest BCUT2D eigenvalue weighted by Gasteiger charge is 2.11. The molecule has 2 heteroatoms. The van der Waals surface area contributed by atoms with E-state index in [9.17, 15) is 0 Å². The van der Waals surface area contributed by atoms with Crippen molar-refractivity contribution < 1.29 is 0 Å². The van der Waals surface area contributed by atoms with E-state index in [1.807, 2.05) is 0 Å². The normalized spacial score (nSPS) is 13.1. The van der Waals surface area contributed by atoms with E-state index in [1.54, 1.807) is 0 Å². The van der Waals surface area contributed by atoms with Crippen LogP contribution in [0.4, 0.5) is 0 Å². The lowest BCUT2D eigenvalue weighted by molar-refractivity contribution is 0.474. The molecule has 17 heavy (non-hydrogen) atoms. The smallest absolute Gasteiger partial charge is 0.0184 e. The van der Waals surface area contributed by atoms with Gasteiger partial charge in [0.15, 0.2) is 0 Å². The zero-order valence-corrected chi connectivity index (χ0v) is 13.7. The molecule has 1 rings (SSSR count). The molecule has 1 aromatic rings. The van der Waals surface area contributed by atoms with E-state index in [1.165, 1.54) is 22.4 Å². The molecule has 0 saturated heterocycles. The maximum absolute atomic E-state index is 3.61. The molecule has 0 bridgehead atoms. The van der Waals surface area contributed by atoms with Crippen LogP contribution in [-0.2, 0) is 5.75 Å². The average molecular weight is 315 g/mol. The number of hydrogen-bond donors (Lipinski definition) is 0. The van der Waals surface area contributed by atoms with Gasteiger partial charge in [0.25, 0.3) is 0 Å². The molecular formula is C15H23BrS. The van der Waals surface area contributed by atoms with Gasteiger partial charge in [0.2, 0.25) is 0 Å². The van der Waals surface area contributed by atoms with Crippen LogP contribution in [0.3, 0.4) is 0 Å². The molecule has 0 aromatic heterocycles. The lowest BCUT2D eigenvalue weighted by Gasteiger charge is -2.17. The molecule has 1 atom stereocenters. The Bertz CT molecular complexity index is 327. The van der Waals surface area contributed by atoms with Crippen LogP contribution in [-0.4, -0.2) is 11.1 Å². The van der Waals surface area contributed by atoms with Crippen LogP contribution in [0.25, 0.3) is 0 Å². The quantitative estimate of drug-likeness (QED) is 0.650. The average Bonchev–Trinajstić information content (AvgIpc) is 2.22. The minimum Gasteiger partial charge on any atom is -0.157 e. The summed E-state index contributed by atoms with van der Waals surface area (Å²) in [7, 11) is 0. The van der Waals surface area contributed by atoms with E-state index in [0.29, 0.717) is 0 Å². The number of alkyl halides is 1. The van der Waals surface area contributed by atoms with Crippen LogP contribution in [0.1, 0.15) is 30.5 Å². The van der Waals surface area contributed by atoms with Crippen LogP contribution in [0.15, 0.2) is 18.2 Å². The van der Waals surface area contributed by atoms with E-state index in [2.05, 4.69) is 73.6 Å². The largest absolute Gasteiger partial charge is 0.157 e. The van der Waals surface area contributed by atoms with Crippen molar-refractivity contribution in [2.24, 2.45) is 11.8 Å². The van der Waals surface area contributed by atoms with E-state index in [4.69, 9.17) is 0 Å². The van der Waals surface area contributed by atoms with Gasteiger partial charge in [0.05, 0.1) is 0 Å². The van der Waals surface area contributed by atoms with E-state index in [0.717, 1.165) is 22.9 Å². The molecule has 1 unspecified atom stereocenters. The van der Waals surface area contributed by atoms with Gasteiger partial charge in [-0.2, -0.15) is 11.8 Å². The summed E-state index contributed by atoms with van der Waals surface area (Å²) in [4.78, 5) is 0. The Kier molecular flexibility index (Phi) is 6.65. The molecule has 0 fully saturated rings. The van der Waals surface area contributed by atoms with Gasteiger partial charge in [-0.3, -0.25) is 0 Å². The van der Waals surface area contributed by atoms with Crippen molar-refractivity contribution in [3.8, 4) is 0 Å². The second-order valence-electron chi connectivity index (χ2n) is 5.17. The fourth-order valence-corrected chi connectivity index (χ4v) is 4.50. The highest BCUT2D eigenvalue weighted by atomic mass is 79.9. The first-order valence-electron chi connectivity index (χ1n) is 6.23. The third kappa shape index (κ3) is 5.48. The van der Waals surface area contributed by atoms with Gasteiger partial charge in [-0.1, -0.05) is 59.1 Å². The van der Waals surface area contributed by atoms with Gasteiger partial charge in [-0.25, -0.2) is 0 Å². The van der Waals surface area contributed by atoms with Crippen LogP contribution in [0.5, 0.6) is 0 Å². The predicted molar refractivity (Wildman–Crippen MR) is 84.2 cm³/mol. The highest BCUT2D eigenvalue weighted by molar-refractivity contribution is 9.09. The van der Waals surface area contributed by atoms with E-state index in [-0.39, 0.29) is 0 Å². The maximum atomic E-state index is 3.61. The monoisotopic (exact) mass is 314 g/mol. The molecule has 0 aliphatic carbocycles. The van der Waals surface area contributed by atoms with Gasteiger partial charge in [-0.15, -0.1) is 0 Å². The number of rotatable bonds is 6. The molecule has 0 spiro atoms. The molecule has 0 amide bonds. The SMILES string of the molecule is Cc1cc(C)cc(CSCC(CBr)C(C)C)c1. The van der Waals surface area contributed by atoms with Crippen molar-refractivity contribution in [1.82, 2.24) is 0 Å². The van der Waals surface area contributed by atoms with Gasteiger partial charge in [0.1, 0.15) is 0 Å². The summed E-state index contributed by atoms with van der Waals surface area (Å²) in [6.45, 7) is 8.97. The van der Waals surface area contributed by atoms with Crippen LogP contribution < -0.4 is 0 Å². The van der Waals surface area contributed by atoms with Crippen molar-refractivity contribution in [3.05, 3.63) is 34.9 Å². The summed E-state index contributed by atoms with van der Waals surface area (Å²) >= 11 is 5.67. The summed E-state index contributed by atoms with van der Waals surface area (Å²) < 4.78 is 0. The molecule has 1 aromatic carbocycles. The fourth-order valence-electron chi connectivity index (χ4n) is 1.90. The molecule has 0 nitrogen and oxygen atoms in total. The molecule has 0 aliphatic heterocycles. The second kappa shape index (κ2) is 7.48. The zero-order chi connectivity index (χ0) is 12.8. The minimum absolute atomic E-state index is 0.765. The Morgan fingerprint density at radius 1 is 1.12 bits per heavy atom. The number of halogens is 1. The lowest BCUT2D eigenvalue weighted by atomic mass is 10.0. The highest BCUT2D eigenvalue weighted by Crippen LogP contribution is 2.23. The third-order valence-electron chi connectivity index (χ3n) is 3.02. The predicted octanol–water partition coefficient (Wildman–Crippen LogP) is 5.20. The Labute approximate surface area is 119 Å². The van der Waals surface area contributed by atoms with Gasteiger partial charge < -0.3 is 0 Å². The molecule has 0 aliphatic rings. The lowest BCUT2D eigenvalue weighted by Crippen LogP contribution is -2.13. The molecule has 0 saturated carbocycles. The summed E-state index contributed by atoms with van der Waals surface area (Å²) in [5.74, 6) is 3.93. The number of thioether (sulfide) groups is 1. The standard InChI is InChI=1S/C15H23BrS/c1-11(2)15(8-16)10-17-9-14-6-12(3)5-13(4)7-14/h5-7,11,15H,8-10H2,1-4H3. The minimum atomic E-state index is 0.765. The third-order valence-corrected chi connectivity index (χ3v) is 5.06. The Hall–Kier alpha value is 0.0500. The first-order valence-corrected chi connectivity index (χ1v) is 8.51. The van der Waals surface area contributed by atoms with Crippen LogP contribution in [0.2, 0.25) is 0 Å². The zero-order valence-electron chi connectivity index (χ0n) is 11.3. The van der Waals surface area contributed by atoms with Gasteiger partial charge in [0, 0.05) is 11.1 Å². The number of benzene rings is 1. The van der Waals surface area contributed by atoms with Crippen molar-refractivity contribution in [1.29, 1.82) is 0 Å². The summed E-state index contributed by atoms with van der Waals surface area (Å²) in [6.07, 6.45) is 0. The molecule has 0 heterocycles. The molecule has 0 N–H and O–H groups in total. The number of aryl methyl sites for hydroxylation is 2. The van der Waals surface area contributed by atoms with Crippen LogP contribution in [0, 0.1) is 25.7 Å². The Morgan fingerprint density at radius 3 is 2.18 bits per heavy atom. The Balaban J connectivity index is 2.45. The van der Waals surface area contributed by atoms with Gasteiger partial charge >= 0.3 is 0 Å². The van der Waals surface area contributed by atoms with E-state index < -0.39 is 0 Å². The van der Waals surface area contributed by atoms with E-state index >= 15 is 0 Å². The van der Waals surface area contributed by atoms with Crippen molar-refractivity contribution in [2.75, 3.05) is 11.1 Å². The topological polar surface area (TPSA) is 0 Å². The van der Waals surface area contributed by atoms with Crippen molar-refractivity contribution in [2.45, 2.75) is 33.4 Å². The fraction of sp³-hybridized carbons (Fsp3) is 0.600. The summed E-state index contributed by atoms with van der Waals surface area (Å²) in [6, 6.07) is 6.85. The first kappa shape index (κ1) is 15.1. The summed E-state index contributed by atoms with van der Waals surface area (Å²) in [5, 5.41) is 1.12. The maximum Gasteiger partial charge on any atom is 0.0184 e.